The van der Waals surface area contributed by atoms with Gasteiger partial charge in [0.15, 0.2) is 5.82 Å². The molecule has 0 saturated carbocycles. The molecular formula is C19H17BrN6O. The Labute approximate surface area is 165 Å². The van der Waals surface area contributed by atoms with Crippen LogP contribution >= 0.6 is 15.9 Å². The van der Waals surface area contributed by atoms with E-state index in [1.54, 1.807) is 24.7 Å². The van der Waals surface area contributed by atoms with Gasteiger partial charge in [-0.15, -0.1) is 10.2 Å². The highest BCUT2D eigenvalue weighted by atomic mass is 79.9. The number of nitrogens with zero attached hydrogens (tertiary/aromatic N) is 6. The topological polar surface area (TPSA) is 75.1 Å². The summed E-state index contributed by atoms with van der Waals surface area (Å²) in [6.07, 6.45) is 5.01. The summed E-state index contributed by atoms with van der Waals surface area (Å²) < 4.78 is 0.801. The molecule has 1 fully saturated rings. The molecule has 0 N–H and O–H groups in total. The van der Waals surface area contributed by atoms with Gasteiger partial charge in [-0.05, 0) is 46.3 Å². The molecule has 0 radical (unpaired) electrons. The summed E-state index contributed by atoms with van der Waals surface area (Å²) in [6, 6.07) is 11.4. The monoisotopic (exact) mass is 424 g/mol. The molecule has 136 valence electrons. The lowest BCUT2D eigenvalue weighted by molar-refractivity contribution is 0.0746. The van der Waals surface area contributed by atoms with Crippen molar-refractivity contribution in [2.45, 2.75) is 0 Å². The minimum Gasteiger partial charge on any atom is -0.352 e. The Morgan fingerprint density at radius 3 is 2.48 bits per heavy atom. The SMILES string of the molecule is O=C(c1cncc(Br)c1)N1CCN(c2ccc(-c3ccccn3)nn2)CC1. The van der Waals surface area contributed by atoms with Crippen molar-refractivity contribution in [2.24, 2.45) is 0 Å². The van der Waals surface area contributed by atoms with Crippen molar-refractivity contribution in [1.82, 2.24) is 25.1 Å². The molecule has 0 atom stereocenters. The second-order valence-corrected chi connectivity index (χ2v) is 7.08. The van der Waals surface area contributed by atoms with Crippen molar-refractivity contribution in [2.75, 3.05) is 31.1 Å². The molecule has 0 bridgehead atoms. The quantitative estimate of drug-likeness (QED) is 0.643. The van der Waals surface area contributed by atoms with Crippen molar-refractivity contribution >= 4 is 27.7 Å². The summed E-state index contributed by atoms with van der Waals surface area (Å²) in [6.45, 7) is 2.69. The number of halogens is 1. The van der Waals surface area contributed by atoms with E-state index in [9.17, 15) is 4.79 Å². The van der Waals surface area contributed by atoms with Gasteiger partial charge < -0.3 is 9.80 Å². The predicted molar refractivity (Wildman–Crippen MR) is 105 cm³/mol. The number of hydrogen-bond acceptors (Lipinski definition) is 6. The Morgan fingerprint density at radius 2 is 1.81 bits per heavy atom. The minimum absolute atomic E-state index is 0.0000316. The van der Waals surface area contributed by atoms with Gasteiger partial charge in [0.25, 0.3) is 5.91 Å². The lowest BCUT2D eigenvalue weighted by Gasteiger charge is -2.35. The van der Waals surface area contributed by atoms with E-state index in [1.807, 2.05) is 35.2 Å². The van der Waals surface area contributed by atoms with Gasteiger partial charge in [-0.3, -0.25) is 14.8 Å². The van der Waals surface area contributed by atoms with Gasteiger partial charge in [0, 0.05) is 49.2 Å². The molecule has 1 aliphatic heterocycles. The summed E-state index contributed by atoms with van der Waals surface area (Å²) in [5, 5.41) is 8.62. The lowest BCUT2D eigenvalue weighted by Crippen LogP contribution is -2.49. The molecule has 4 heterocycles. The number of carbonyl (C=O) groups is 1. The number of hydrogen-bond donors (Lipinski definition) is 0. The second kappa shape index (κ2) is 7.79. The maximum atomic E-state index is 12.6. The standard InChI is InChI=1S/C19H17BrN6O/c20-15-11-14(12-21-13-15)19(27)26-9-7-25(8-10-26)18-5-4-17(23-24-18)16-3-1-2-6-22-16/h1-6,11-13H,7-10H2. The van der Waals surface area contributed by atoms with Crippen LogP contribution in [0, 0.1) is 0 Å². The Kier molecular flexibility index (Phi) is 5.06. The van der Waals surface area contributed by atoms with Crippen LogP contribution in [0.3, 0.4) is 0 Å². The van der Waals surface area contributed by atoms with Crippen LogP contribution in [-0.2, 0) is 0 Å². The van der Waals surface area contributed by atoms with E-state index in [1.165, 1.54) is 0 Å². The van der Waals surface area contributed by atoms with Crippen LogP contribution in [-0.4, -0.2) is 57.2 Å². The van der Waals surface area contributed by atoms with Crippen LogP contribution in [0.4, 0.5) is 5.82 Å². The van der Waals surface area contributed by atoms with E-state index in [-0.39, 0.29) is 5.91 Å². The molecule has 3 aromatic rings. The molecule has 1 saturated heterocycles. The Morgan fingerprint density at radius 1 is 0.963 bits per heavy atom. The van der Waals surface area contributed by atoms with Crippen LogP contribution in [0.1, 0.15) is 10.4 Å². The molecule has 8 heteroatoms. The first-order valence-electron chi connectivity index (χ1n) is 8.60. The molecular weight excluding hydrogens is 408 g/mol. The van der Waals surface area contributed by atoms with E-state index >= 15 is 0 Å². The number of amides is 1. The van der Waals surface area contributed by atoms with Gasteiger partial charge in [-0.2, -0.15) is 0 Å². The number of carbonyl (C=O) groups excluding carboxylic acids is 1. The van der Waals surface area contributed by atoms with Crippen LogP contribution in [0.15, 0.2) is 59.5 Å². The molecule has 4 rings (SSSR count). The van der Waals surface area contributed by atoms with E-state index < -0.39 is 0 Å². The van der Waals surface area contributed by atoms with Gasteiger partial charge >= 0.3 is 0 Å². The number of aromatic nitrogens is 4. The summed E-state index contributed by atoms with van der Waals surface area (Å²) in [5.74, 6) is 0.811. The third-order valence-electron chi connectivity index (χ3n) is 4.42. The van der Waals surface area contributed by atoms with E-state index in [0.29, 0.717) is 31.7 Å². The molecule has 1 amide bonds. The molecule has 0 unspecified atom stereocenters. The van der Waals surface area contributed by atoms with E-state index in [0.717, 1.165) is 21.7 Å². The van der Waals surface area contributed by atoms with Gasteiger partial charge in [0.2, 0.25) is 0 Å². The van der Waals surface area contributed by atoms with Gasteiger partial charge in [-0.1, -0.05) is 6.07 Å². The molecule has 0 aliphatic carbocycles. The molecule has 3 aromatic heterocycles. The maximum Gasteiger partial charge on any atom is 0.255 e. The van der Waals surface area contributed by atoms with Crippen molar-refractivity contribution in [3.63, 3.8) is 0 Å². The Hall–Kier alpha value is -2.87. The molecule has 1 aliphatic rings. The average molecular weight is 425 g/mol. The number of piperazine rings is 1. The molecule has 7 nitrogen and oxygen atoms in total. The first kappa shape index (κ1) is 17.5. The van der Waals surface area contributed by atoms with E-state index in [2.05, 4.69) is 41.0 Å². The van der Waals surface area contributed by atoms with Crippen LogP contribution < -0.4 is 4.90 Å². The molecule has 27 heavy (non-hydrogen) atoms. The van der Waals surface area contributed by atoms with Crippen molar-refractivity contribution in [3.05, 3.63) is 65.0 Å². The average Bonchev–Trinajstić information content (AvgIpc) is 2.74. The zero-order valence-corrected chi connectivity index (χ0v) is 16.1. The summed E-state index contributed by atoms with van der Waals surface area (Å²) in [4.78, 5) is 24.9. The molecule has 0 aromatic carbocycles. The van der Waals surface area contributed by atoms with Crippen molar-refractivity contribution in [3.8, 4) is 11.4 Å². The maximum absolute atomic E-state index is 12.6. The second-order valence-electron chi connectivity index (χ2n) is 6.16. The van der Waals surface area contributed by atoms with Crippen molar-refractivity contribution < 1.29 is 4.79 Å². The highest BCUT2D eigenvalue weighted by molar-refractivity contribution is 9.10. The fraction of sp³-hybridized carbons (Fsp3) is 0.211. The first-order chi connectivity index (χ1) is 13.2. The normalized spacial score (nSPS) is 14.3. The minimum atomic E-state index is 0.0000316. The number of rotatable bonds is 3. The summed E-state index contributed by atoms with van der Waals surface area (Å²) >= 11 is 3.36. The van der Waals surface area contributed by atoms with Crippen LogP contribution in [0.5, 0.6) is 0 Å². The van der Waals surface area contributed by atoms with Crippen LogP contribution in [0.2, 0.25) is 0 Å². The fourth-order valence-electron chi connectivity index (χ4n) is 2.99. The highest BCUT2D eigenvalue weighted by Crippen LogP contribution is 2.18. The zero-order chi connectivity index (χ0) is 18.6. The van der Waals surface area contributed by atoms with Gasteiger partial charge in [0.1, 0.15) is 5.69 Å². The van der Waals surface area contributed by atoms with Gasteiger partial charge in [0.05, 0.1) is 11.3 Å². The third-order valence-corrected chi connectivity index (χ3v) is 4.85. The Balaban J connectivity index is 1.40. The smallest absolute Gasteiger partial charge is 0.255 e. The fourth-order valence-corrected chi connectivity index (χ4v) is 3.36. The highest BCUT2D eigenvalue weighted by Gasteiger charge is 2.23. The third kappa shape index (κ3) is 3.95. The largest absolute Gasteiger partial charge is 0.352 e. The lowest BCUT2D eigenvalue weighted by atomic mass is 10.2. The number of anilines is 1. The van der Waals surface area contributed by atoms with E-state index in [4.69, 9.17) is 0 Å². The Bertz CT molecular complexity index is 926. The van der Waals surface area contributed by atoms with Crippen molar-refractivity contribution in [1.29, 1.82) is 0 Å². The summed E-state index contributed by atoms with van der Waals surface area (Å²) in [7, 11) is 0. The van der Waals surface area contributed by atoms with Crippen LogP contribution in [0.25, 0.3) is 11.4 Å². The predicted octanol–water partition coefficient (Wildman–Crippen LogP) is 2.66. The van der Waals surface area contributed by atoms with Gasteiger partial charge in [-0.25, -0.2) is 0 Å². The summed E-state index contributed by atoms with van der Waals surface area (Å²) in [5.41, 5.74) is 2.14. The molecule has 0 spiro atoms. The number of pyridine rings is 2. The zero-order valence-electron chi connectivity index (χ0n) is 14.5. The first-order valence-corrected chi connectivity index (χ1v) is 9.40.